The van der Waals surface area contributed by atoms with Crippen molar-refractivity contribution >= 4 is 11.4 Å². The average Bonchev–Trinajstić information content (AvgIpc) is 3.07. The Morgan fingerprint density at radius 3 is 3.00 bits per heavy atom. The first-order chi connectivity index (χ1) is 9.38. The van der Waals surface area contributed by atoms with E-state index in [1.807, 2.05) is 0 Å². The highest BCUT2D eigenvalue weighted by molar-refractivity contribution is 5.97. The van der Waals surface area contributed by atoms with Crippen molar-refractivity contribution in [2.45, 2.75) is 38.1 Å². The number of fused-ring (bicyclic) bond motifs is 3. The summed E-state index contributed by atoms with van der Waals surface area (Å²) in [5.41, 5.74) is 3.87. The van der Waals surface area contributed by atoms with E-state index in [-0.39, 0.29) is 0 Å². The van der Waals surface area contributed by atoms with Crippen LogP contribution < -0.4 is 4.90 Å². The van der Waals surface area contributed by atoms with Crippen molar-refractivity contribution < 1.29 is 5.21 Å². The molecule has 2 bridgehead atoms. The summed E-state index contributed by atoms with van der Waals surface area (Å²) in [5.74, 6) is 1.23. The van der Waals surface area contributed by atoms with Crippen molar-refractivity contribution in [3.63, 3.8) is 0 Å². The van der Waals surface area contributed by atoms with Crippen LogP contribution in [-0.4, -0.2) is 23.5 Å². The van der Waals surface area contributed by atoms with Crippen LogP contribution in [0.2, 0.25) is 0 Å². The van der Waals surface area contributed by atoms with Gasteiger partial charge in [-0.1, -0.05) is 23.4 Å². The highest BCUT2D eigenvalue weighted by atomic mass is 16.4. The maximum absolute atomic E-state index is 9.40. The molecule has 1 N–H and O–H groups in total. The monoisotopic (exact) mass is 256 g/mol. The van der Waals surface area contributed by atoms with Crippen LogP contribution in [0.1, 0.15) is 31.2 Å². The second-order valence-electron chi connectivity index (χ2n) is 6.17. The fourth-order valence-electron chi connectivity index (χ4n) is 4.46. The van der Waals surface area contributed by atoms with E-state index in [4.69, 9.17) is 0 Å². The molecule has 0 radical (unpaired) electrons. The molecule has 1 aromatic rings. The molecule has 3 aliphatic rings. The number of benzene rings is 1. The Morgan fingerprint density at radius 1 is 1.21 bits per heavy atom. The highest BCUT2D eigenvalue weighted by Crippen LogP contribution is 2.47. The van der Waals surface area contributed by atoms with Crippen molar-refractivity contribution in [3.8, 4) is 0 Å². The minimum atomic E-state index is 0.352. The summed E-state index contributed by atoms with van der Waals surface area (Å²) in [4.78, 5) is 2.51. The first-order valence-corrected chi connectivity index (χ1v) is 7.45. The van der Waals surface area contributed by atoms with Gasteiger partial charge in [0.05, 0.1) is 11.8 Å². The number of para-hydroxylation sites is 1. The summed E-state index contributed by atoms with van der Waals surface area (Å²) in [6.45, 7) is 1.10. The number of oxime groups is 1. The number of hydrogen-bond acceptors (Lipinski definition) is 3. The van der Waals surface area contributed by atoms with E-state index in [0.717, 1.165) is 12.3 Å². The van der Waals surface area contributed by atoms with Crippen LogP contribution in [0.4, 0.5) is 5.69 Å². The topological polar surface area (TPSA) is 35.8 Å². The normalized spacial score (nSPS) is 34.8. The Labute approximate surface area is 113 Å². The van der Waals surface area contributed by atoms with Gasteiger partial charge in [0.2, 0.25) is 0 Å². The standard InChI is InChI=1S/C16H20N2O/c19-17-15-12-7-8-13(10-12)16(15)18-9-3-5-11-4-1-2-6-14(11)18/h1-2,4,6,12-13,16,19H,3,5,7-10H2/b17-15-/t12-,13-,16+/m0/s1. The molecule has 1 heterocycles. The fourth-order valence-corrected chi connectivity index (χ4v) is 4.46. The van der Waals surface area contributed by atoms with Gasteiger partial charge in [0.1, 0.15) is 0 Å². The summed E-state index contributed by atoms with van der Waals surface area (Å²) in [7, 11) is 0. The van der Waals surface area contributed by atoms with E-state index in [1.54, 1.807) is 0 Å². The number of aryl methyl sites for hydroxylation is 1. The van der Waals surface area contributed by atoms with E-state index in [0.29, 0.717) is 17.9 Å². The van der Waals surface area contributed by atoms with E-state index < -0.39 is 0 Å². The van der Waals surface area contributed by atoms with Crippen LogP contribution in [0, 0.1) is 11.8 Å². The third kappa shape index (κ3) is 1.60. The minimum Gasteiger partial charge on any atom is -0.411 e. The smallest absolute Gasteiger partial charge is 0.0828 e. The molecule has 100 valence electrons. The molecule has 3 atom stereocenters. The number of hydrogen-bond donors (Lipinski definition) is 1. The Morgan fingerprint density at radius 2 is 2.11 bits per heavy atom. The molecule has 0 aromatic heterocycles. The van der Waals surface area contributed by atoms with E-state index in [2.05, 4.69) is 34.3 Å². The van der Waals surface area contributed by atoms with Crippen LogP contribution in [0.15, 0.2) is 29.4 Å². The molecule has 19 heavy (non-hydrogen) atoms. The van der Waals surface area contributed by atoms with Gasteiger partial charge in [-0.3, -0.25) is 0 Å². The molecular weight excluding hydrogens is 236 g/mol. The Kier molecular flexibility index (Phi) is 2.54. The fraction of sp³-hybridized carbons (Fsp3) is 0.562. The summed E-state index contributed by atoms with van der Waals surface area (Å²) < 4.78 is 0. The minimum absolute atomic E-state index is 0.352. The molecule has 3 heteroatoms. The van der Waals surface area contributed by atoms with Crippen molar-refractivity contribution in [3.05, 3.63) is 29.8 Å². The largest absolute Gasteiger partial charge is 0.411 e. The molecule has 0 saturated heterocycles. The average molecular weight is 256 g/mol. The van der Waals surface area contributed by atoms with Crippen molar-refractivity contribution in [1.29, 1.82) is 0 Å². The molecule has 3 nitrogen and oxygen atoms in total. The predicted octanol–water partition coefficient (Wildman–Crippen LogP) is 3.07. The zero-order valence-corrected chi connectivity index (χ0v) is 11.1. The zero-order chi connectivity index (χ0) is 12.8. The number of anilines is 1. The molecule has 1 aromatic carbocycles. The number of rotatable bonds is 1. The molecule has 0 amide bonds. The quantitative estimate of drug-likeness (QED) is 0.619. The summed E-state index contributed by atoms with van der Waals surface area (Å²) in [6, 6.07) is 9.08. The summed E-state index contributed by atoms with van der Waals surface area (Å²) in [5, 5.41) is 13.1. The van der Waals surface area contributed by atoms with Gasteiger partial charge in [-0.15, -0.1) is 0 Å². The zero-order valence-electron chi connectivity index (χ0n) is 11.1. The molecule has 2 fully saturated rings. The van der Waals surface area contributed by atoms with Crippen molar-refractivity contribution in [1.82, 2.24) is 0 Å². The first kappa shape index (κ1) is 11.3. The SMILES string of the molecule is O/N=C1/[C@H]2CC[C@@H](C2)[C@H]1N1CCCc2ccccc21. The van der Waals surface area contributed by atoms with Crippen molar-refractivity contribution in [2.24, 2.45) is 17.0 Å². The van der Waals surface area contributed by atoms with E-state index >= 15 is 0 Å². The molecule has 1 aliphatic heterocycles. The Hall–Kier alpha value is -1.51. The molecule has 2 saturated carbocycles. The van der Waals surface area contributed by atoms with E-state index in [1.165, 1.54) is 43.4 Å². The molecule has 2 aliphatic carbocycles. The van der Waals surface area contributed by atoms with Gasteiger partial charge >= 0.3 is 0 Å². The first-order valence-electron chi connectivity index (χ1n) is 7.45. The van der Waals surface area contributed by atoms with Gasteiger partial charge in [0.15, 0.2) is 0 Å². The lowest BCUT2D eigenvalue weighted by molar-refractivity contribution is 0.311. The van der Waals surface area contributed by atoms with Gasteiger partial charge in [-0.2, -0.15) is 0 Å². The van der Waals surface area contributed by atoms with Gasteiger partial charge in [-0.25, -0.2) is 0 Å². The van der Waals surface area contributed by atoms with Crippen molar-refractivity contribution in [2.75, 3.05) is 11.4 Å². The summed E-state index contributed by atoms with van der Waals surface area (Å²) in [6.07, 6.45) is 6.13. The lowest BCUT2D eigenvalue weighted by atomic mass is 9.89. The second kappa shape index (κ2) is 4.26. The third-order valence-corrected chi connectivity index (χ3v) is 5.24. The Balaban J connectivity index is 1.74. The lowest BCUT2D eigenvalue weighted by Gasteiger charge is -2.40. The third-order valence-electron chi connectivity index (χ3n) is 5.24. The van der Waals surface area contributed by atoms with Crippen LogP contribution in [0.5, 0.6) is 0 Å². The van der Waals surface area contributed by atoms with Gasteiger partial charge < -0.3 is 10.1 Å². The maximum atomic E-state index is 9.40. The van der Waals surface area contributed by atoms with Gasteiger partial charge in [0.25, 0.3) is 0 Å². The van der Waals surface area contributed by atoms with Crippen LogP contribution in [0.25, 0.3) is 0 Å². The van der Waals surface area contributed by atoms with Crippen LogP contribution in [0.3, 0.4) is 0 Å². The lowest BCUT2D eigenvalue weighted by Crippen LogP contribution is -2.47. The summed E-state index contributed by atoms with van der Waals surface area (Å²) >= 11 is 0. The molecule has 0 spiro atoms. The molecular formula is C16H20N2O. The maximum Gasteiger partial charge on any atom is 0.0828 e. The van der Waals surface area contributed by atoms with Gasteiger partial charge in [0, 0.05) is 18.2 Å². The molecule has 0 unspecified atom stereocenters. The number of nitrogens with zero attached hydrogens (tertiary/aromatic N) is 2. The Bertz CT molecular complexity index is 525. The van der Waals surface area contributed by atoms with Gasteiger partial charge in [-0.05, 0) is 49.7 Å². The highest BCUT2D eigenvalue weighted by Gasteiger charge is 2.48. The second-order valence-corrected chi connectivity index (χ2v) is 6.17. The van der Waals surface area contributed by atoms with E-state index in [9.17, 15) is 5.21 Å². The van der Waals surface area contributed by atoms with Crippen LogP contribution in [-0.2, 0) is 6.42 Å². The molecule has 4 rings (SSSR count). The van der Waals surface area contributed by atoms with Crippen LogP contribution >= 0.6 is 0 Å². The predicted molar refractivity (Wildman–Crippen MR) is 75.9 cm³/mol.